The van der Waals surface area contributed by atoms with Gasteiger partial charge in [-0.15, -0.1) is 0 Å². The lowest BCUT2D eigenvalue weighted by molar-refractivity contribution is 0.0921. The standard InChI is InChI=1S/C14H10ClFO2/c15-11-3-1-2-10(8-11)14(17)9-18-13-6-4-12(16)5-7-13/h1-8H,9H2. The summed E-state index contributed by atoms with van der Waals surface area (Å²) in [5, 5.41) is 0.502. The molecular formula is C14H10ClFO2. The normalized spacial score (nSPS) is 10.1. The van der Waals surface area contributed by atoms with Crippen molar-refractivity contribution in [2.24, 2.45) is 0 Å². The molecule has 0 N–H and O–H groups in total. The number of hydrogen-bond donors (Lipinski definition) is 0. The first-order valence-electron chi connectivity index (χ1n) is 5.32. The van der Waals surface area contributed by atoms with E-state index >= 15 is 0 Å². The second-order valence-corrected chi connectivity index (χ2v) is 4.11. The maximum Gasteiger partial charge on any atom is 0.200 e. The van der Waals surface area contributed by atoms with Crippen molar-refractivity contribution < 1.29 is 13.9 Å². The Kier molecular flexibility index (Phi) is 3.95. The number of rotatable bonds is 4. The van der Waals surface area contributed by atoms with E-state index in [2.05, 4.69) is 0 Å². The summed E-state index contributed by atoms with van der Waals surface area (Å²) in [4.78, 5) is 11.8. The second kappa shape index (κ2) is 5.65. The van der Waals surface area contributed by atoms with E-state index in [1.165, 1.54) is 24.3 Å². The molecule has 0 saturated carbocycles. The lowest BCUT2D eigenvalue weighted by atomic mass is 10.1. The van der Waals surface area contributed by atoms with Crippen molar-refractivity contribution in [3.8, 4) is 5.75 Å². The molecule has 92 valence electrons. The van der Waals surface area contributed by atoms with E-state index in [1.54, 1.807) is 24.3 Å². The monoisotopic (exact) mass is 264 g/mol. The molecule has 0 atom stereocenters. The number of carbonyl (C=O) groups excluding carboxylic acids is 1. The van der Waals surface area contributed by atoms with Crippen LogP contribution < -0.4 is 4.74 Å². The van der Waals surface area contributed by atoms with Gasteiger partial charge in [-0.05, 0) is 36.4 Å². The van der Waals surface area contributed by atoms with Crippen LogP contribution in [0.4, 0.5) is 4.39 Å². The fraction of sp³-hybridized carbons (Fsp3) is 0.0714. The Balaban J connectivity index is 1.98. The summed E-state index contributed by atoms with van der Waals surface area (Å²) in [5.41, 5.74) is 0.490. The van der Waals surface area contributed by atoms with Crippen LogP contribution in [0.3, 0.4) is 0 Å². The summed E-state index contributed by atoms with van der Waals surface area (Å²) in [7, 11) is 0. The summed E-state index contributed by atoms with van der Waals surface area (Å²) < 4.78 is 17.9. The Morgan fingerprint density at radius 2 is 1.89 bits per heavy atom. The van der Waals surface area contributed by atoms with Gasteiger partial charge in [-0.1, -0.05) is 23.7 Å². The molecule has 0 aliphatic rings. The molecule has 0 heterocycles. The van der Waals surface area contributed by atoms with Crippen LogP contribution in [0, 0.1) is 5.82 Å². The third kappa shape index (κ3) is 3.31. The van der Waals surface area contributed by atoms with Gasteiger partial charge in [0.15, 0.2) is 12.4 Å². The van der Waals surface area contributed by atoms with Crippen LogP contribution in [-0.4, -0.2) is 12.4 Å². The molecule has 0 amide bonds. The maximum absolute atomic E-state index is 12.7. The minimum atomic E-state index is -0.344. The lowest BCUT2D eigenvalue weighted by Gasteiger charge is -2.05. The Morgan fingerprint density at radius 3 is 2.56 bits per heavy atom. The minimum Gasteiger partial charge on any atom is -0.485 e. The zero-order valence-corrected chi connectivity index (χ0v) is 10.2. The summed E-state index contributed by atoms with van der Waals surface area (Å²) in [6, 6.07) is 12.1. The first-order valence-corrected chi connectivity index (χ1v) is 5.70. The van der Waals surface area contributed by atoms with Gasteiger partial charge in [0.2, 0.25) is 0 Å². The van der Waals surface area contributed by atoms with Crippen molar-refractivity contribution in [2.75, 3.05) is 6.61 Å². The summed E-state index contributed by atoms with van der Waals surface area (Å²) in [5.74, 6) is -0.0721. The van der Waals surface area contributed by atoms with Gasteiger partial charge in [0.1, 0.15) is 11.6 Å². The van der Waals surface area contributed by atoms with Crippen LogP contribution >= 0.6 is 11.6 Å². The fourth-order valence-corrected chi connectivity index (χ4v) is 1.62. The molecular weight excluding hydrogens is 255 g/mol. The Labute approximate surface area is 109 Å². The summed E-state index contributed by atoms with van der Waals surface area (Å²) >= 11 is 5.79. The van der Waals surface area contributed by atoms with E-state index in [1.807, 2.05) is 0 Å². The first-order chi connectivity index (χ1) is 8.65. The van der Waals surface area contributed by atoms with Gasteiger partial charge >= 0.3 is 0 Å². The van der Waals surface area contributed by atoms with E-state index in [9.17, 15) is 9.18 Å². The van der Waals surface area contributed by atoms with E-state index in [0.29, 0.717) is 16.3 Å². The molecule has 0 bridgehead atoms. The molecule has 0 aliphatic carbocycles. The average Bonchev–Trinajstić information content (AvgIpc) is 2.38. The third-order valence-corrected chi connectivity index (χ3v) is 2.57. The highest BCUT2D eigenvalue weighted by Gasteiger charge is 2.07. The summed E-state index contributed by atoms with van der Waals surface area (Å²) in [6.45, 7) is -0.105. The van der Waals surface area contributed by atoms with Crippen LogP contribution in [-0.2, 0) is 0 Å². The molecule has 2 aromatic rings. The topological polar surface area (TPSA) is 26.3 Å². The van der Waals surface area contributed by atoms with Crippen molar-refractivity contribution in [3.63, 3.8) is 0 Å². The quantitative estimate of drug-likeness (QED) is 0.787. The van der Waals surface area contributed by atoms with E-state index in [-0.39, 0.29) is 18.2 Å². The molecule has 0 fully saturated rings. The zero-order valence-electron chi connectivity index (χ0n) is 9.40. The van der Waals surface area contributed by atoms with Gasteiger partial charge in [0, 0.05) is 10.6 Å². The van der Waals surface area contributed by atoms with Crippen LogP contribution in [0.1, 0.15) is 10.4 Å². The molecule has 0 radical (unpaired) electrons. The van der Waals surface area contributed by atoms with E-state index in [4.69, 9.17) is 16.3 Å². The van der Waals surface area contributed by atoms with E-state index in [0.717, 1.165) is 0 Å². The van der Waals surface area contributed by atoms with Gasteiger partial charge in [-0.2, -0.15) is 0 Å². The lowest BCUT2D eigenvalue weighted by Crippen LogP contribution is -2.11. The maximum atomic E-state index is 12.7. The zero-order chi connectivity index (χ0) is 13.0. The Hall–Kier alpha value is -1.87. The average molecular weight is 265 g/mol. The van der Waals surface area contributed by atoms with Crippen LogP contribution in [0.5, 0.6) is 5.75 Å². The molecule has 18 heavy (non-hydrogen) atoms. The fourth-order valence-electron chi connectivity index (χ4n) is 1.42. The highest BCUT2D eigenvalue weighted by Crippen LogP contribution is 2.14. The number of ketones is 1. The van der Waals surface area contributed by atoms with Crippen LogP contribution in [0.2, 0.25) is 5.02 Å². The van der Waals surface area contributed by atoms with Crippen molar-refractivity contribution in [2.45, 2.75) is 0 Å². The number of halogens is 2. The van der Waals surface area contributed by atoms with Gasteiger partial charge in [-0.25, -0.2) is 4.39 Å². The van der Waals surface area contributed by atoms with Crippen LogP contribution in [0.25, 0.3) is 0 Å². The largest absolute Gasteiger partial charge is 0.485 e. The number of ether oxygens (including phenoxy) is 1. The number of hydrogen-bond acceptors (Lipinski definition) is 2. The highest BCUT2D eigenvalue weighted by molar-refractivity contribution is 6.31. The molecule has 0 saturated heterocycles. The second-order valence-electron chi connectivity index (χ2n) is 3.68. The molecule has 0 unspecified atom stereocenters. The molecule has 2 nitrogen and oxygen atoms in total. The predicted octanol–water partition coefficient (Wildman–Crippen LogP) is 3.74. The Morgan fingerprint density at radius 1 is 1.17 bits per heavy atom. The SMILES string of the molecule is O=C(COc1ccc(F)cc1)c1cccc(Cl)c1. The molecule has 2 aromatic carbocycles. The van der Waals surface area contributed by atoms with Crippen molar-refractivity contribution >= 4 is 17.4 Å². The first kappa shape index (κ1) is 12.6. The van der Waals surface area contributed by atoms with Gasteiger partial charge < -0.3 is 4.74 Å². The Bertz CT molecular complexity index is 552. The van der Waals surface area contributed by atoms with Gasteiger partial charge in [0.25, 0.3) is 0 Å². The van der Waals surface area contributed by atoms with Gasteiger partial charge in [-0.3, -0.25) is 4.79 Å². The third-order valence-electron chi connectivity index (χ3n) is 2.33. The molecule has 0 spiro atoms. The van der Waals surface area contributed by atoms with Gasteiger partial charge in [0.05, 0.1) is 0 Å². The van der Waals surface area contributed by atoms with E-state index < -0.39 is 0 Å². The number of Topliss-reactive ketones (excluding diaryl/α,β-unsaturated/α-hetero) is 1. The number of carbonyl (C=O) groups is 1. The molecule has 2 rings (SSSR count). The smallest absolute Gasteiger partial charge is 0.200 e. The summed E-state index contributed by atoms with van der Waals surface area (Å²) in [6.07, 6.45) is 0. The number of benzene rings is 2. The predicted molar refractivity (Wildman–Crippen MR) is 67.7 cm³/mol. The minimum absolute atomic E-state index is 0.105. The molecule has 4 heteroatoms. The van der Waals surface area contributed by atoms with Crippen molar-refractivity contribution in [3.05, 3.63) is 64.9 Å². The van der Waals surface area contributed by atoms with Crippen molar-refractivity contribution in [1.29, 1.82) is 0 Å². The molecule has 0 aliphatic heterocycles. The van der Waals surface area contributed by atoms with Crippen molar-refractivity contribution in [1.82, 2.24) is 0 Å². The van der Waals surface area contributed by atoms with Crippen LogP contribution in [0.15, 0.2) is 48.5 Å². The highest BCUT2D eigenvalue weighted by atomic mass is 35.5. The molecule has 0 aromatic heterocycles.